The van der Waals surface area contributed by atoms with E-state index in [4.69, 9.17) is 5.73 Å². The van der Waals surface area contributed by atoms with Gasteiger partial charge in [0.1, 0.15) is 5.82 Å². The molecule has 2 rings (SSSR count). The summed E-state index contributed by atoms with van der Waals surface area (Å²) in [6.45, 7) is 5.87. The highest BCUT2D eigenvalue weighted by molar-refractivity contribution is 14.0. The van der Waals surface area contributed by atoms with Gasteiger partial charge in [-0.3, -0.25) is 0 Å². The van der Waals surface area contributed by atoms with Gasteiger partial charge in [-0.15, -0.1) is 24.0 Å². The molecule has 1 aliphatic heterocycles. The first-order chi connectivity index (χ1) is 9.79. The summed E-state index contributed by atoms with van der Waals surface area (Å²) in [6.07, 6.45) is 6.71. The molecule has 5 nitrogen and oxygen atoms in total. The number of pyridine rings is 1. The zero-order chi connectivity index (χ0) is 14.2. The predicted octanol–water partition coefficient (Wildman–Crippen LogP) is 2.50. The highest BCUT2D eigenvalue weighted by atomic mass is 127. The van der Waals surface area contributed by atoms with Gasteiger partial charge in [0.2, 0.25) is 0 Å². The summed E-state index contributed by atoms with van der Waals surface area (Å²) in [4.78, 5) is 11.2. The molecular formula is C15H26IN5. The van der Waals surface area contributed by atoms with Crippen LogP contribution in [0.3, 0.4) is 0 Å². The van der Waals surface area contributed by atoms with E-state index in [1.54, 1.807) is 0 Å². The van der Waals surface area contributed by atoms with E-state index in [-0.39, 0.29) is 24.0 Å². The maximum atomic E-state index is 5.80. The third-order valence-electron chi connectivity index (χ3n) is 3.51. The first-order valence-electron chi connectivity index (χ1n) is 7.53. The Hall–Kier alpha value is -1.05. The lowest BCUT2D eigenvalue weighted by atomic mass is 10.3. The van der Waals surface area contributed by atoms with Gasteiger partial charge in [0.25, 0.3) is 0 Å². The SMILES string of the molecule is CCCCNC(N)=NCc1ccc(N2CCCC2)nc1.I. The summed E-state index contributed by atoms with van der Waals surface area (Å²) < 4.78 is 0. The van der Waals surface area contributed by atoms with Crippen LogP contribution in [0.2, 0.25) is 0 Å². The zero-order valence-corrected chi connectivity index (χ0v) is 15.0. The first kappa shape index (κ1) is 18.0. The largest absolute Gasteiger partial charge is 0.370 e. The molecule has 21 heavy (non-hydrogen) atoms. The molecule has 0 spiro atoms. The lowest BCUT2D eigenvalue weighted by Gasteiger charge is -2.15. The van der Waals surface area contributed by atoms with Gasteiger partial charge in [-0.2, -0.15) is 0 Å². The number of aliphatic imine (C=N–C) groups is 1. The molecule has 118 valence electrons. The van der Waals surface area contributed by atoms with Crippen molar-refractivity contribution in [3.05, 3.63) is 23.9 Å². The Morgan fingerprint density at radius 3 is 2.76 bits per heavy atom. The summed E-state index contributed by atoms with van der Waals surface area (Å²) in [5, 5.41) is 3.11. The van der Waals surface area contributed by atoms with Gasteiger partial charge in [0, 0.05) is 25.8 Å². The van der Waals surface area contributed by atoms with E-state index < -0.39 is 0 Å². The second kappa shape index (κ2) is 9.81. The first-order valence-corrected chi connectivity index (χ1v) is 7.53. The number of aromatic nitrogens is 1. The molecule has 0 aliphatic carbocycles. The van der Waals surface area contributed by atoms with Crippen LogP contribution in [0, 0.1) is 0 Å². The van der Waals surface area contributed by atoms with Crippen molar-refractivity contribution in [2.75, 3.05) is 24.5 Å². The summed E-state index contributed by atoms with van der Waals surface area (Å²) in [5.41, 5.74) is 6.89. The lowest BCUT2D eigenvalue weighted by molar-refractivity contribution is 0.748. The molecule has 0 bridgehead atoms. The van der Waals surface area contributed by atoms with Gasteiger partial charge in [0.05, 0.1) is 6.54 Å². The van der Waals surface area contributed by atoms with E-state index in [0.717, 1.165) is 43.9 Å². The van der Waals surface area contributed by atoms with Gasteiger partial charge in [-0.1, -0.05) is 19.4 Å². The van der Waals surface area contributed by atoms with Crippen LogP contribution in [-0.2, 0) is 6.54 Å². The van der Waals surface area contributed by atoms with E-state index in [1.807, 2.05) is 6.20 Å². The highest BCUT2D eigenvalue weighted by Gasteiger charge is 2.12. The Balaban J connectivity index is 0.00000220. The van der Waals surface area contributed by atoms with Crippen LogP contribution in [0.15, 0.2) is 23.3 Å². The van der Waals surface area contributed by atoms with Crippen molar-refractivity contribution >= 4 is 35.8 Å². The maximum Gasteiger partial charge on any atom is 0.188 e. The molecule has 0 atom stereocenters. The van der Waals surface area contributed by atoms with Crippen molar-refractivity contribution in [3.63, 3.8) is 0 Å². The van der Waals surface area contributed by atoms with E-state index in [9.17, 15) is 0 Å². The summed E-state index contributed by atoms with van der Waals surface area (Å²) >= 11 is 0. The van der Waals surface area contributed by atoms with Gasteiger partial charge in [0.15, 0.2) is 5.96 Å². The number of nitrogens with zero attached hydrogens (tertiary/aromatic N) is 3. The van der Waals surface area contributed by atoms with E-state index in [1.165, 1.54) is 12.8 Å². The molecular weight excluding hydrogens is 377 g/mol. The maximum absolute atomic E-state index is 5.80. The van der Waals surface area contributed by atoms with E-state index in [2.05, 4.69) is 39.2 Å². The van der Waals surface area contributed by atoms with E-state index >= 15 is 0 Å². The van der Waals surface area contributed by atoms with Crippen LogP contribution < -0.4 is 16.0 Å². The minimum atomic E-state index is 0. The molecule has 3 N–H and O–H groups in total. The Bertz CT molecular complexity index is 426. The average Bonchev–Trinajstić information content (AvgIpc) is 3.00. The van der Waals surface area contributed by atoms with Crippen molar-refractivity contribution in [1.82, 2.24) is 10.3 Å². The second-order valence-corrected chi connectivity index (χ2v) is 5.20. The number of nitrogens with one attached hydrogen (secondary N) is 1. The Labute approximate surface area is 144 Å². The molecule has 2 heterocycles. The quantitative estimate of drug-likeness (QED) is 0.332. The van der Waals surface area contributed by atoms with Crippen LogP contribution in [0.25, 0.3) is 0 Å². The number of hydrogen-bond acceptors (Lipinski definition) is 3. The number of hydrogen-bond donors (Lipinski definition) is 2. The summed E-state index contributed by atoms with van der Waals surface area (Å²) in [5.74, 6) is 1.59. The van der Waals surface area contributed by atoms with Crippen LogP contribution in [0.1, 0.15) is 38.2 Å². The fraction of sp³-hybridized carbons (Fsp3) is 0.600. The van der Waals surface area contributed by atoms with Crippen LogP contribution in [-0.4, -0.2) is 30.6 Å². The van der Waals surface area contributed by atoms with Gasteiger partial charge < -0.3 is 16.0 Å². The molecule has 0 unspecified atom stereocenters. The fourth-order valence-electron chi connectivity index (χ4n) is 2.27. The molecule has 1 aromatic rings. The Morgan fingerprint density at radius 1 is 1.38 bits per heavy atom. The normalized spacial score (nSPS) is 14.9. The van der Waals surface area contributed by atoms with E-state index in [0.29, 0.717) is 12.5 Å². The number of anilines is 1. The number of rotatable bonds is 6. The molecule has 6 heteroatoms. The van der Waals surface area contributed by atoms with Gasteiger partial charge in [-0.05, 0) is 30.9 Å². The molecule has 0 saturated carbocycles. The van der Waals surface area contributed by atoms with Crippen molar-refractivity contribution in [2.45, 2.75) is 39.2 Å². The lowest BCUT2D eigenvalue weighted by Crippen LogP contribution is -2.32. The highest BCUT2D eigenvalue weighted by Crippen LogP contribution is 2.17. The average molecular weight is 403 g/mol. The topological polar surface area (TPSA) is 66.5 Å². The molecule has 1 fully saturated rings. The molecule has 1 aromatic heterocycles. The molecule has 0 amide bonds. The van der Waals surface area contributed by atoms with Crippen LogP contribution >= 0.6 is 24.0 Å². The molecule has 0 aromatic carbocycles. The molecule has 1 saturated heterocycles. The smallest absolute Gasteiger partial charge is 0.188 e. The van der Waals surface area contributed by atoms with Crippen molar-refractivity contribution < 1.29 is 0 Å². The third kappa shape index (κ3) is 6.07. The predicted molar refractivity (Wildman–Crippen MR) is 99.3 cm³/mol. The minimum absolute atomic E-state index is 0. The van der Waals surface area contributed by atoms with Gasteiger partial charge in [-0.25, -0.2) is 9.98 Å². The minimum Gasteiger partial charge on any atom is -0.370 e. The molecule has 0 radical (unpaired) electrons. The summed E-state index contributed by atoms with van der Waals surface area (Å²) in [7, 11) is 0. The Kier molecular flexibility index (Phi) is 8.41. The van der Waals surface area contributed by atoms with Crippen molar-refractivity contribution in [2.24, 2.45) is 10.7 Å². The van der Waals surface area contributed by atoms with Crippen LogP contribution in [0.4, 0.5) is 5.82 Å². The Morgan fingerprint density at radius 2 is 2.14 bits per heavy atom. The number of nitrogens with two attached hydrogens (primary N) is 1. The summed E-state index contributed by atoms with van der Waals surface area (Å²) in [6, 6.07) is 4.17. The van der Waals surface area contributed by atoms with Gasteiger partial charge >= 0.3 is 0 Å². The van der Waals surface area contributed by atoms with Crippen LogP contribution in [0.5, 0.6) is 0 Å². The monoisotopic (exact) mass is 403 g/mol. The third-order valence-corrected chi connectivity index (χ3v) is 3.51. The number of halogens is 1. The van der Waals surface area contributed by atoms with Crippen molar-refractivity contribution in [1.29, 1.82) is 0 Å². The molecule has 1 aliphatic rings. The number of unbranched alkanes of at least 4 members (excludes halogenated alkanes) is 1. The van der Waals surface area contributed by atoms with Crippen molar-refractivity contribution in [3.8, 4) is 0 Å². The zero-order valence-electron chi connectivity index (χ0n) is 12.7. The second-order valence-electron chi connectivity index (χ2n) is 5.20. The fourth-order valence-corrected chi connectivity index (χ4v) is 2.27. The number of guanidine groups is 1. The standard InChI is InChI=1S/C15H25N5.HI/c1-2-3-8-17-15(16)19-12-13-6-7-14(18-11-13)20-9-4-5-10-20;/h6-7,11H,2-5,8-10,12H2,1H3,(H3,16,17,19);1H.